The molecular weight excluding hydrogens is 192 g/mol. The highest BCUT2D eigenvalue weighted by atomic mass is 16.5. The van der Waals surface area contributed by atoms with Gasteiger partial charge in [-0.05, 0) is 32.2 Å². The van der Waals surface area contributed by atoms with E-state index in [4.69, 9.17) is 10.5 Å². The summed E-state index contributed by atoms with van der Waals surface area (Å²) < 4.78 is 4.98. The van der Waals surface area contributed by atoms with Gasteiger partial charge in [0.05, 0.1) is 0 Å². The summed E-state index contributed by atoms with van der Waals surface area (Å²) in [7, 11) is 1.55. The fraction of sp³-hybridized carbons (Fsp3) is 0.909. The number of nitrogens with two attached hydrogens (primary N) is 1. The molecule has 0 heterocycles. The lowest BCUT2D eigenvalue weighted by Gasteiger charge is -2.31. The van der Waals surface area contributed by atoms with Crippen molar-refractivity contribution in [1.29, 1.82) is 0 Å². The molecule has 1 amide bonds. The summed E-state index contributed by atoms with van der Waals surface area (Å²) in [5, 5.41) is 3.03. The Hall–Kier alpha value is -0.610. The number of amides is 1. The minimum atomic E-state index is -0.370. The highest BCUT2D eigenvalue weighted by Gasteiger charge is 2.26. The zero-order valence-electron chi connectivity index (χ0n) is 9.66. The Balaban J connectivity index is 2.44. The summed E-state index contributed by atoms with van der Waals surface area (Å²) in [6, 6.07) is 0.244. The van der Waals surface area contributed by atoms with Crippen LogP contribution in [0.15, 0.2) is 0 Å². The fourth-order valence-electron chi connectivity index (χ4n) is 2.09. The third-order valence-electron chi connectivity index (χ3n) is 3.26. The first kappa shape index (κ1) is 12.5. The highest BCUT2D eigenvalue weighted by molar-refractivity contribution is 5.80. The number of carbonyl (C=O) groups is 1. The summed E-state index contributed by atoms with van der Waals surface area (Å²) in [4.78, 5) is 11.6. The molecule has 0 bridgehead atoms. The molecule has 1 rings (SSSR count). The second kappa shape index (κ2) is 6.08. The van der Waals surface area contributed by atoms with Crippen LogP contribution in [0.1, 0.15) is 32.6 Å². The number of carbonyl (C=O) groups excluding carboxylic acids is 1. The van der Waals surface area contributed by atoms with E-state index in [9.17, 15) is 4.79 Å². The predicted molar refractivity (Wildman–Crippen MR) is 59.4 cm³/mol. The first-order valence-corrected chi connectivity index (χ1v) is 5.72. The Kier molecular flexibility index (Phi) is 5.05. The first-order valence-electron chi connectivity index (χ1n) is 5.72. The maximum Gasteiger partial charge on any atom is 0.249 e. The highest BCUT2D eigenvalue weighted by Crippen LogP contribution is 2.23. The molecule has 1 fully saturated rings. The zero-order chi connectivity index (χ0) is 11.3. The van der Waals surface area contributed by atoms with Crippen LogP contribution >= 0.6 is 0 Å². The normalized spacial score (nSPS) is 28.5. The van der Waals surface area contributed by atoms with E-state index < -0.39 is 0 Å². The fourth-order valence-corrected chi connectivity index (χ4v) is 2.09. The monoisotopic (exact) mass is 214 g/mol. The van der Waals surface area contributed by atoms with Gasteiger partial charge >= 0.3 is 0 Å². The van der Waals surface area contributed by atoms with Crippen molar-refractivity contribution in [3.63, 3.8) is 0 Å². The van der Waals surface area contributed by atoms with Crippen molar-refractivity contribution in [2.75, 3.05) is 13.7 Å². The number of nitrogens with one attached hydrogen (secondary N) is 1. The van der Waals surface area contributed by atoms with Crippen molar-refractivity contribution in [3.05, 3.63) is 0 Å². The van der Waals surface area contributed by atoms with Crippen molar-refractivity contribution in [2.24, 2.45) is 11.7 Å². The van der Waals surface area contributed by atoms with Crippen LogP contribution in [-0.4, -0.2) is 31.7 Å². The third-order valence-corrected chi connectivity index (χ3v) is 3.26. The molecular formula is C11H22N2O2. The molecule has 1 aliphatic rings. The van der Waals surface area contributed by atoms with E-state index in [1.54, 1.807) is 14.0 Å². The van der Waals surface area contributed by atoms with Crippen LogP contribution in [0.25, 0.3) is 0 Å². The molecule has 4 heteroatoms. The lowest BCUT2D eigenvalue weighted by atomic mass is 9.84. The summed E-state index contributed by atoms with van der Waals surface area (Å²) in [5.41, 5.74) is 5.70. The van der Waals surface area contributed by atoms with Crippen LogP contribution in [0.3, 0.4) is 0 Å². The average molecular weight is 214 g/mol. The Bertz CT molecular complexity index is 209. The molecule has 15 heavy (non-hydrogen) atoms. The van der Waals surface area contributed by atoms with Crippen molar-refractivity contribution in [1.82, 2.24) is 5.32 Å². The molecule has 0 aromatic rings. The van der Waals surface area contributed by atoms with E-state index in [0.717, 1.165) is 12.8 Å². The lowest BCUT2D eigenvalue weighted by molar-refractivity contribution is -0.131. The Morgan fingerprint density at radius 1 is 1.53 bits per heavy atom. The number of hydrogen-bond acceptors (Lipinski definition) is 3. The quantitative estimate of drug-likeness (QED) is 0.722. The van der Waals surface area contributed by atoms with E-state index in [1.165, 1.54) is 12.8 Å². The van der Waals surface area contributed by atoms with Gasteiger partial charge in [-0.25, -0.2) is 0 Å². The molecule has 4 nitrogen and oxygen atoms in total. The van der Waals surface area contributed by atoms with Crippen LogP contribution < -0.4 is 11.1 Å². The van der Waals surface area contributed by atoms with E-state index in [1.807, 2.05) is 0 Å². The molecule has 0 spiro atoms. The van der Waals surface area contributed by atoms with Crippen molar-refractivity contribution < 1.29 is 9.53 Å². The topological polar surface area (TPSA) is 64.3 Å². The van der Waals surface area contributed by atoms with Gasteiger partial charge in [0.2, 0.25) is 5.91 Å². The Morgan fingerprint density at radius 3 is 2.80 bits per heavy atom. The lowest BCUT2D eigenvalue weighted by Crippen LogP contribution is -2.47. The molecule has 1 aliphatic carbocycles. The number of rotatable bonds is 4. The molecule has 3 N–H and O–H groups in total. The summed E-state index contributed by atoms with van der Waals surface area (Å²) >= 11 is 0. The molecule has 0 saturated heterocycles. The maximum absolute atomic E-state index is 11.6. The smallest absolute Gasteiger partial charge is 0.249 e. The number of ether oxygens (including phenoxy) is 1. The van der Waals surface area contributed by atoms with Crippen molar-refractivity contribution in [3.8, 4) is 0 Å². The molecule has 0 radical (unpaired) electrons. The van der Waals surface area contributed by atoms with Gasteiger partial charge in [0.1, 0.15) is 6.10 Å². The number of hydrogen-bond donors (Lipinski definition) is 2. The minimum absolute atomic E-state index is 0.0251. The van der Waals surface area contributed by atoms with Gasteiger partial charge in [0.25, 0.3) is 0 Å². The minimum Gasteiger partial charge on any atom is -0.372 e. The molecule has 0 aliphatic heterocycles. The van der Waals surface area contributed by atoms with E-state index in [2.05, 4.69) is 5.32 Å². The molecule has 3 atom stereocenters. The van der Waals surface area contributed by atoms with Gasteiger partial charge in [-0.3, -0.25) is 4.79 Å². The standard InChI is InChI=1S/C11H22N2O2/c1-8(15-2)11(14)13-10-6-4-3-5-9(10)7-12/h8-10H,3-7,12H2,1-2H3,(H,13,14). The van der Waals surface area contributed by atoms with Crippen LogP contribution in [0.2, 0.25) is 0 Å². The van der Waals surface area contributed by atoms with Crippen molar-refractivity contribution in [2.45, 2.75) is 44.8 Å². The van der Waals surface area contributed by atoms with Crippen molar-refractivity contribution >= 4 is 5.91 Å². The van der Waals surface area contributed by atoms with Gasteiger partial charge in [0, 0.05) is 13.2 Å². The average Bonchev–Trinajstić information content (AvgIpc) is 2.28. The molecule has 0 aromatic heterocycles. The Labute approximate surface area is 91.5 Å². The van der Waals surface area contributed by atoms with Gasteiger partial charge < -0.3 is 15.8 Å². The molecule has 88 valence electrons. The van der Waals surface area contributed by atoms with Gasteiger partial charge in [-0.2, -0.15) is 0 Å². The van der Waals surface area contributed by atoms with E-state index in [0.29, 0.717) is 12.5 Å². The van der Waals surface area contributed by atoms with Crippen LogP contribution in [0.4, 0.5) is 0 Å². The zero-order valence-corrected chi connectivity index (χ0v) is 9.66. The second-order valence-corrected chi connectivity index (χ2v) is 4.27. The largest absolute Gasteiger partial charge is 0.372 e. The molecule has 3 unspecified atom stereocenters. The van der Waals surface area contributed by atoms with Crippen LogP contribution in [-0.2, 0) is 9.53 Å². The molecule has 1 saturated carbocycles. The van der Waals surface area contributed by atoms with Gasteiger partial charge in [-0.15, -0.1) is 0 Å². The summed E-state index contributed by atoms with van der Waals surface area (Å²) in [5.74, 6) is 0.412. The van der Waals surface area contributed by atoms with E-state index >= 15 is 0 Å². The number of methoxy groups -OCH3 is 1. The SMILES string of the molecule is COC(C)C(=O)NC1CCCCC1CN. The van der Waals surface area contributed by atoms with Crippen LogP contribution in [0.5, 0.6) is 0 Å². The van der Waals surface area contributed by atoms with Gasteiger partial charge in [-0.1, -0.05) is 12.8 Å². The second-order valence-electron chi connectivity index (χ2n) is 4.27. The van der Waals surface area contributed by atoms with Crippen LogP contribution in [0, 0.1) is 5.92 Å². The summed E-state index contributed by atoms with van der Waals surface area (Å²) in [6.07, 6.45) is 4.22. The van der Waals surface area contributed by atoms with E-state index in [-0.39, 0.29) is 18.1 Å². The maximum atomic E-state index is 11.6. The summed E-state index contributed by atoms with van der Waals surface area (Å²) in [6.45, 7) is 2.42. The first-order chi connectivity index (χ1) is 7.19. The molecule has 0 aromatic carbocycles. The predicted octanol–water partition coefficient (Wildman–Crippen LogP) is 0.655. The third kappa shape index (κ3) is 3.47. The van der Waals surface area contributed by atoms with Gasteiger partial charge in [0.15, 0.2) is 0 Å². The Morgan fingerprint density at radius 2 is 2.20 bits per heavy atom.